The summed E-state index contributed by atoms with van der Waals surface area (Å²) in [6.45, 7) is 0. The van der Waals surface area contributed by atoms with Crippen LogP contribution in [0.15, 0.2) is 83.8 Å². The summed E-state index contributed by atoms with van der Waals surface area (Å²) in [5, 5.41) is 20.1. The van der Waals surface area contributed by atoms with Gasteiger partial charge < -0.3 is 20.3 Å². The Kier molecular flexibility index (Phi) is 8.05. The molecule has 0 radical (unpaired) electrons. The van der Waals surface area contributed by atoms with Crippen molar-refractivity contribution in [3.8, 4) is 11.5 Å². The van der Waals surface area contributed by atoms with Crippen LogP contribution in [0.25, 0.3) is 0 Å². The van der Waals surface area contributed by atoms with Crippen LogP contribution in [-0.2, 0) is 19.6 Å². The van der Waals surface area contributed by atoms with Crippen molar-refractivity contribution in [2.45, 2.75) is 23.8 Å². The molecule has 0 saturated heterocycles. The lowest BCUT2D eigenvalue weighted by Crippen LogP contribution is -2.41. The lowest BCUT2D eigenvalue weighted by molar-refractivity contribution is -0.140. The van der Waals surface area contributed by atoms with E-state index in [0.29, 0.717) is 11.5 Å². The van der Waals surface area contributed by atoms with Gasteiger partial charge in [0, 0.05) is 12.0 Å². The fraction of sp³-hybridized carbons (Fsp3) is 0.125. The maximum atomic E-state index is 12.9. The molecule has 3 aromatic rings. The number of carboxylic acids is 2. The highest BCUT2D eigenvalue weighted by molar-refractivity contribution is 7.92. The maximum Gasteiger partial charge on any atom is 0.326 e. The van der Waals surface area contributed by atoms with Crippen LogP contribution in [0, 0.1) is 0 Å². The molecule has 0 unspecified atom stereocenters. The van der Waals surface area contributed by atoms with Gasteiger partial charge in [0.15, 0.2) is 5.75 Å². The molecule has 4 N–H and O–H groups in total. The molecular weight excluding hydrogens is 476 g/mol. The van der Waals surface area contributed by atoms with Crippen molar-refractivity contribution in [2.24, 2.45) is 0 Å². The summed E-state index contributed by atoms with van der Waals surface area (Å²) in [6.07, 6.45) is -0.729. The summed E-state index contributed by atoms with van der Waals surface area (Å²) in [5.74, 6) is -2.53. The standard InChI is InChI=1S/C24H22N2O8S/c27-22(28)15-14-20(24(30)31)25-23(29)16-10-12-18(13-11-16)35(32,33)26-19-8-4-5-9-21(19)34-17-6-2-1-3-7-17/h1-13,20,26H,14-15H2,(H,25,29)(H,27,28)(H,30,31)/t20-/m0/s1. The quantitative estimate of drug-likeness (QED) is 0.313. The first-order valence-electron chi connectivity index (χ1n) is 10.4. The van der Waals surface area contributed by atoms with Gasteiger partial charge in [0.1, 0.15) is 11.8 Å². The first-order chi connectivity index (χ1) is 16.7. The summed E-state index contributed by atoms with van der Waals surface area (Å²) < 4.78 is 34.0. The predicted octanol–water partition coefficient (Wildman–Crippen LogP) is 3.33. The third-order valence-corrected chi connectivity index (χ3v) is 6.16. The van der Waals surface area contributed by atoms with Crippen LogP contribution < -0.4 is 14.8 Å². The van der Waals surface area contributed by atoms with Crippen LogP contribution in [0.2, 0.25) is 0 Å². The molecule has 1 amide bonds. The minimum absolute atomic E-state index is 0.0123. The van der Waals surface area contributed by atoms with Crippen LogP contribution in [0.1, 0.15) is 23.2 Å². The Morgan fingerprint density at radius 1 is 0.857 bits per heavy atom. The topological polar surface area (TPSA) is 159 Å². The maximum absolute atomic E-state index is 12.9. The van der Waals surface area contributed by atoms with Gasteiger partial charge in [0.25, 0.3) is 15.9 Å². The summed E-state index contributed by atoms with van der Waals surface area (Å²) in [6, 6.07) is 18.8. The largest absolute Gasteiger partial charge is 0.481 e. The number of sulfonamides is 1. The Morgan fingerprint density at radius 3 is 2.11 bits per heavy atom. The zero-order chi connectivity index (χ0) is 25.4. The number of carbonyl (C=O) groups is 3. The van der Waals surface area contributed by atoms with Gasteiger partial charge in [-0.2, -0.15) is 0 Å². The van der Waals surface area contributed by atoms with E-state index in [9.17, 15) is 27.9 Å². The molecule has 0 fully saturated rings. The molecule has 35 heavy (non-hydrogen) atoms. The number of aliphatic carboxylic acids is 2. The molecule has 10 nitrogen and oxygen atoms in total. The van der Waals surface area contributed by atoms with E-state index in [4.69, 9.17) is 9.84 Å². The summed E-state index contributed by atoms with van der Waals surface area (Å²) in [4.78, 5) is 34.2. The Labute approximate surface area is 201 Å². The normalized spacial score (nSPS) is 11.8. The lowest BCUT2D eigenvalue weighted by atomic mass is 10.1. The van der Waals surface area contributed by atoms with Gasteiger partial charge in [-0.25, -0.2) is 13.2 Å². The molecule has 0 aromatic heterocycles. The summed E-state index contributed by atoms with van der Waals surface area (Å²) >= 11 is 0. The molecule has 0 aliphatic rings. The Bertz CT molecular complexity index is 1310. The zero-order valence-electron chi connectivity index (χ0n) is 18.2. The fourth-order valence-electron chi connectivity index (χ4n) is 3.01. The molecule has 1 atom stereocenters. The Morgan fingerprint density at radius 2 is 1.49 bits per heavy atom. The van der Waals surface area contributed by atoms with Gasteiger partial charge in [-0.1, -0.05) is 30.3 Å². The highest BCUT2D eigenvalue weighted by Gasteiger charge is 2.22. The smallest absolute Gasteiger partial charge is 0.326 e. The number of carbonyl (C=O) groups excluding carboxylic acids is 1. The lowest BCUT2D eigenvalue weighted by Gasteiger charge is -2.15. The van der Waals surface area contributed by atoms with E-state index < -0.39 is 40.3 Å². The van der Waals surface area contributed by atoms with Crippen LogP contribution in [0.4, 0.5) is 5.69 Å². The molecule has 0 saturated carbocycles. The average Bonchev–Trinajstić information content (AvgIpc) is 2.83. The number of rotatable bonds is 11. The van der Waals surface area contributed by atoms with E-state index >= 15 is 0 Å². The monoisotopic (exact) mass is 498 g/mol. The van der Waals surface area contributed by atoms with E-state index in [0.717, 1.165) is 0 Å². The van der Waals surface area contributed by atoms with Gasteiger partial charge >= 0.3 is 11.9 Å². The molecule has 11 heteroatoms. The van der Waals surface area contributed by atoms with Gasteiger partial charge in [0.05, 0.1) is 10.6 Å². The highest BCUT2D eigenvalue weighted by atomic mass is 32.2. The highest BCUT2D eigenvalue weighted by Crippen LogP contribution is 2.30. The van der Waals surface area contributed by atoms with E-state index in [1.807, 2.05) is 6.07 Å². The molecule has 0 aliphatic heterocycles. The Balaban J connectivity index is 1.73. The van der Waals surface area contributed by atoms with Crippen molar-refractivity contribution in [1.29, 1.82) is 0 Å². The molecule has 0 heterocycles. The zero-order valence-corrected chi connectivity index (χ0v) is 19.1. The predicted molar refractivity (Wildman–Crippen MR) is 126 cm³/mol. The average molecular weight is 499 g/mol. The van der Waals surface area contributed by atoms with Gasteiger partial charge in [-0.05, 0) is 55.0 Å². The molecule has 182 valence electrons. The molecule has 3 aromatic carbocycles. The number of para-hydroxylation sites is 3. The van der Waals surface area contributed by atoms with Crippen LogP contribution in [-0.4, -0.2) is 42.5 Å². The van der Waals surface area contributed by atoms with Gasteiger partial charge in [0.2, 0.25) is 0 Å². The second kappa shape index (κ2) is 11.2. The van der Waals surface area contributed by atoms with E-state index in [2.05, 4.69) is 10.0 Å². The van der Waals surface area contributed by atoms with Crippen molar-refractivity contribution in [3.63, 3.8) is 0 Å². The third kappa shape index (κ3) is 7.05. The number of benzene rings is 3. The van der Waals surface area contributed by atoms with Crippen LogP contribution in [0.3, 0.4) is 0 Å². The second-order valence-electron chi connectivity index (χ2n) is 7.34. The number of hydrogen-bond acceptors (Lipinski definition) is 6. The van der Waals surface area contributed by atoms with Crippen LogP contribution >= 0.6 is 0 Å². The SMILES string of the molecule is O=C(O)CC[C@H](NC(=O)c1ccc(S(=O)(=O)Nc2ccccc2Oc2ccccc2)cc1)C(=O)O. The van der Waals surface area contributed by atoms with Gasteiger partial charge in [-0.3, -0.25) is 14.3 Å². The molecule has 0 aliphatic carbocycles. The van der Waals surface area contributed by atoms with Crippen molar-refractivity contribution in [2.75, 3.05) is 4.72 Å². The first kappa shape index (κ1) is 25.2. The minimum atomic E-state index is -4.05. The molecule has 0 spiro atoms. The number of amides is 1. The first-order valence-corrected chi connectivity index (χ1v) is 11.8. The third-order valence-electron chi connectivity index (χ3n) is 4.78. The van der Waals surface area contributed by atoms with Crippen LogP contribution in [0.5, 0.6) is 11.5 Å². The number of carboxylic acid groups (broad SMARTS) is 2. The molecule has 3 rings (SSSR count). The molecular formula is C24H22N2O8S. The summed E-state index contributed by atoms with van der Waals surface area (Å²) in [7, 11) is -4.05. The van der Waals surface area contributed by atoms with Crippen molar-refractivity contribution in [3.05, 3.63) is 84.4 Å². The van der Waals surface area contributed by atoms with E-state index in [1.54, 1.807) is 48.5 Å². The number of ether oxygens (including phenoxy) is 1. The summed E-state index contributed by atoms with van der Waals surface area (Å²) in [5.41, 5.74) is 0.222. The number of hydrogen-bond donors (Lipinski definition) is 4. The second-order valence-corrected chi connectivity index (χ2v) is 9.02. The number of nitrogens with one attached hydrogen (secondary N) is 2. The molecule has 0 bridgehead atoms. The van der Waals surface area contributed by atoms with Crippen molar-refractivity contribution in [1.82, 2.24) is 5.32 Å². The minimum Gasteiger partial charge on any atom is -0.481 e. The van der Waals surface area contributed by atoms with E-state index in [-0.39, 0.29) is 22.6 Å². The van der Waals surface area contributed by atoms with Crippen molar-refractivity contribution >= 4 is 33.6 Å². The Hall–Kier alpha value is -4.38. The van der Waals surface area contributed by atoms with Gasteiger partial charge in [-0.15, -0.1) is 0 Å². The van der Waals surface area contributed by atoms with Crippen molar-refractivity contribution < 1.29 is 37.8 Å². The number of anilines is 1. The van der Waals surface area contributed by atoms with E-state index in [1.165, 1.54) is 24.3 Å². The fourth-order valence-corrected chi connectivity index (χ4v) is 4.08.